The van der Waals surface area contributed by atoms with E-state index in [1.54, 1.807) is 12.1 Å². The van der Waals surface area contributed by atoms with Gasteiger partial charge in [0.25, 0.3) is 0 Å². The molecule has 0 bridgehead atoms. The third-order valence-electron chi connectivity index (χ3n) is 3.27. The van der Waals surface area contributed by atoms with Crippen LogP contribution in [0.25, 0.3) is 11.0 Å². The average molecular weight is 320 g/mol. The summed E-state index contributed by atoms with van der Waals surface area (Å²) in [5.41, 5.74) is 0.163. The smallest absolute Gasteiger partial charge is 0.303 e. The number of hydrogen-bond acceptors (Lipinski definition) is 5. The second-order valence-electron chi connectivity index (χ2n) is 4.96. The van der Waals surface area contributed by atoms with Crippen LogP contribution >= 0.6 is 0 Å². The predicted molar refractivity (Wildman–Crippen MR) is 85.4 cm³/mol. The van der Waals surface area contributed by atoms with E-state index in [1.165, 1.54) is 6.07 Å². The van der Waals surface area contributed by atoms with E-state index in [4.69, 9.17) is 19.0 Å². The summed E-state index contributed by atoms with van der Waals surface area (Å²) in [6, 6.07) is 4.74. The van der Waals surface area contributed by atoms with Gasteiger partial charge in [-0.15, -0.1) is 0 Å². The Labute approximate surface area is 133 Å². The van der Waals surface area contributed by atoms with Crippen LogP contribution in [0.15, 0.2) is 27.4 Å². The van der Waals surface area contributed by atoms with Crippen molar-refractivity contribution in [1.82, 2.24) is 0 Å². The minimum absolute atomic E-state index is 0.0268. The van der Waals surface area contributed by atoms with Crippen LogP contribution in [0.3, 0.4) is 0 Å². The topological polar surface area (TPSA) is 86.0 Å². The van der Waals surface area contributed by atoms with E-state index in [0.29, 0.717) is 54.3 Å². The van der Waals surface area contributed by atoms with Crippen molar-refractivity contribution in [3.05, 3.63) is 34.2 Å². The SMILES string of the molecule is CCOc1ccc2c(=O)cc(CCCC(=O)O)oc2c1OCC. The highest BCUT2D eigenvalue weighted by atomic mass is 16.5. The maximum atomic E-state index is 12.2. The first-order chi connectivity index (χ1) is 11.1. The van der Waals surface area contributed by atoms with E-state index in [1.807, 2.05) is 13.8 Å². The molecule has 0 fully saturated rings. The number of aryl methyl sites for hydroxylation is 1. The van der Waals surface area contributed by atoms with Gasteiger partial charge in [-0.05, 0) is 32.4 Å². The minimum atomic E-state index is -0.873. The quantitative estimate of drug-likeness (QED) is 0.804. The summed E-state index contributed by atoms with van der Waals surface area (Å²) in [4.78, 5) is 22.8. The lowest BCUT2D eigenvalue weighted by molar-refractivity contribution is -0.137. The largest absolute Gasteiger partial charge is 0.490 e. The Kier molecular flexibility index (Phi) is 5.62. The molecule has 0 radical (unpaired) electrons. The monoisotopic (exact) mass is 320 g/mol. The van der Waals surface area contributed by atoms with E-state index in [2.05, 4.69) is 0 Å². The summed E-state index contributed by atoms with van der Waals surface area (Å²) >= 11 is 0. The number of ether oxygens (including phenoxy) is 2. The number of carbonyl (C=O) groups is 1. The molecule has 0 unspecified atom stereocenters. The maximum absolute atomic E-state index is 12.2. The number of rotatable bonds is 8. The van der Waals surface area contributed by atoms with Gasteiger partial charge >= 0.3 is 5.97 Å². The molecule has 0 aliphatic carbocycles. The molecular weight excluding hydrogens is 300 g/mol. The highest BCUT2D eigenvalue weighted by molar-refractivity contribution is 5.85. The van der Waals surface area contributed by atoms with Crippen LogP contribution in [0.5, 0.6) is 11.5 Å². The van der Waals surface area contributed by atoms with Crippen LogP contribution in [0, 0.1) is 0 Å². The number of carboxylic acid groups (broad SMARTS) is 1. The van der Waals surface area contributed by atoms with Crippen molar-refractivity contribution in [2.45, 2.75) is 33.1 Å². The number of hydrogen-bond donors (Lipinski definition) is 1. The number of carboxylic acids is 1. The summed E-state index contributed by atoms with van der Waals surface area (Å²) in [7, 11) is 0. The summed E-state index contributed by atoms with van der Waals surface area (Å²) < 4.78 is 16.9. The first kappa shape index (κ1) is 16.9. The summed E-state index contributed by atoms with van der Waals surface area (Å²) in [6.07, 6.45) is 0.805. The number of aliphatic carboxylic acids is 1. The normalized spacial score (nSPS) is 10.7. The lowest BCUT2D eigenvalue weighted by Crippen LogP contribution is -2.06. The van der Waals surface area contributed by atoms with E-state index in [0.717, 1.165) is 0 Å². The Bertz CT molecular complexity index is 747. The molecule has 2 aromatic rings. The first-order valence-electron chi connectivity index (χ1n) is 7.64. The molecule has 1 aromatic carbocycles. The van der Waals surface area contributed by atoms with E-state index in [-0.39, 0.29) is 11.8 Å². The van der Waals surface area contributed by atoms with Gasteiger partial charge in [0.05, 0.1) is 18.6 Å². The number of benzene rings is 1. The van der Waals surface area contributed by atoms with Crippen molar-refractivity contribution in [2.75, 3.05) is 13.2 Å². The molecule has 1 heterocycles. The van der Waals surface area contributed by atoms with Crippen LogP contribution in [0.2, 0.25) is 0 Å². The highest BCUT2D eigenvalue weighted by Crippen LogP contribution is 2.35. The Hall–Kier alpha value is -2.50. The van der Waals surface area contributed by atoms with Crippen LogP contribution in [0.4, 0.5) is 0 Å². The molecule has 0 saturated carbocycles. The van der Waals surface area contributed by atoms with E-state index >= 15 is 0 Å². The van der Waals surface area contributed by atoms with Gasteiger partial charge in [-0.2, -0.15) is 0 Å². The van der Waals surface area contributed by atoms with Gasteiger partial charge in [0.2, 0.25) is 5.75 Å². The predicted octanol–water partition coefficient (Wildman–Crippen LogP) is 3.00. The minimum Gasteiger partial charge on any atom is -0.490 e. The lowest BCUT2D eigenvalue weighted by atomic mass is 10.1. The number of fused-ring (bicyclic) bond motifs is 1. The molecule has 0 spiro atoms. The van der Waals surface area contributed by atoms with E-state index < -0.39 is 5.97 Å². The van der Waals surface area contributed by atoms with Gasteiger partial charge in [-0.3, -0.25) is 9.59 Å². The first-order valence-corrected chi connectivity index (χ1v) is 7.64. The van der Waals surface area contributed by atoms with Gasteiger partial charge in [-0.25, -0.2) is 0 Å². The zero-order valence-corrected chi connectivity index (χ0v) is 13.3. The van der Waals surface area contributed by atoms with Crippen LogP contribution in [-0.2, 0) is 11.2 Å². The molecule has 2 rings (SSSR count). The fourth-order valence-electron chi connectivity index (χ4n) is 2.31. The van der Waals surface area contributed by atoms with Gasteiger partial charge in [0.15, 0.2) is 16.8 Å². The van der Waals surface area contributed by atoms with Crippen molar-refractivity contribution in [3.63, 3.8) is 0 Å². The Morgan fingerprint density at radius 1 is 1.22 bits per heavy atom. The van der Waals surface area contributed by atoms with Crippen molar-refractivity contribution >= 4 is 16.9 Å². The highest BCUT2D eigenvalue weighted by Gasteiger charge is 2.15. The zero-order valence-electron chi connectivity index (χ0n) is 13.3. The maximum Gasteiger partial charge on any atom is 0.303 e. The molecular formula is C17H20O6. The van der Waals surface area contributed by atoms with Crippen molar-refractivity contribution in [3.8, 4) is 11.5 Å². The molecule has 0 amide bonds. The van der Waals surface area contributed by atoms with Gasteiger partial charge < -0.3 is 19.0 Å². The van der Waals surface area contributed by atoms with Gasteiger partial charge in [0.1, 0.15) is 5.76 Å². The fourth-order valence-corrected chi connectivity index (χ4v) is 2.31. The third kappa shape index (κ3) is 4.03. The molecule has 0 saturated heterocycles. The second kappa shape index (κ2) is 7.67. The fraction of sp³-hybridized carbons (Fsp3) is 0.412. The summed E-state index contributed by atoms with van der Waals surface area (Å²) in [5, 5.41) is 9.11. The molecule has 1 N–H and O–H groups in total. The van der Waals surface area contributed by atoms with Crippen LogP contribution in [-0.4, -0.2) is 24.3 Å². The third-order valence-corrected chi connectivity index (χ3v) is 3.27. The van der Waals surface area contributed by atoms with Gasteiger partial charge in [-0.1, -0.05) is 0 Å². The standard InChI is InChI=1S/C17H20O6/c1-3-21-14-9-8-12-13(18)10-11(6-5-7-15(19)20)23-16(12)17(14)22-4-2/h8-10H,3-7H2,1-2H3,(H,19,20). The second-order valence-corrected chi connectivity index (χ2v) is 4.96. The summed E-state index contributed by atoms with van der Waals surface area (Å²) in [5.74, 6) is 0.497. The zero-order chi connectivity index (χ0) is 16.8. The molecule has 0 aliphatic rings. The molecule has 1 aromatic heterocycles. The van der Waals surface area contributed by atoms with Crippen molar-refractivity contribution in [1.29, 1.82) is 0 Å². The van der Waals surface area contributed by atoms with E-state index in [9.17, 15) is 9.59 Å². The van der Waals surface area contributed by atoms with Crippen LogP contribution < -0.4 is 14.9 Å². The van der Waals surface area contributed by atoms with Crippen molar-refractivity contribution < 1.29 is 23.8 Å². The lowest BCUT2D eigenvalue weighted by Gasteiger charge is -2.13. The van der Waals surface area contributed by atoms with Crippen molar-refractivity contribution in [2.24, 2.45) is 0 Å². The Morgan fingerprint density at radius 2 is 1.96 bits per heavy atom. The molecule has 0 atom stereocenters. The molecule has 124 valence electrons. The Morgan fingerprint density at radius 3 is 2.61 bits per heavy atom. The van der Waals surface area contributed by atoms with Crippen LogP contribution in [0.1, 0.15) is 32.4 Å². The Balaban J connectivity index is 2.47. The molecule has 0 aliphatic heterocycles. The molecule has 6 heteroatoms. The molecule has 23 heavy (non-hydrogen) atoms. The van der Waals surface area contributed by atoms with Gasteiger partial charge in [0, 0.05) is 18.9 Å². The average Bonchev–Trinajstić information content (AvgIpc) is 2.49. The molecule has 6 nitrogen and oxygen atoms in total. The summed E-state index contributed by atoms with van der Waals surface area (Å²) in [6.45, 7) is 4.57.